The normalized spacial score (nSPS) is 10.8. The Morgan fingerprint density at radius 1 is 1.13 bits per heavy atom. The lowest BCUT2D eigenvalue weighted by molar-refractivity contribution is 0.631. The standard InChI is InChI=1S/C9H13NO2.C3H8.H2/c1-5-6(8(12)7(5)11)10-9(2,3)4;1-3-2;/h10H,1-4H3;3H2,1-2H3;1H. The van der Waals surface area contributed by atoms with Crippen molar-refractivity contribution >= 4 is 5.69 Å². The van der Waals surface area contributed by atoms with Gasteiger partial charge in [-0.05, 0) is 27.7 Å². The second-order valence-corrected chi connectivity index (χ2v) is 4.74. The van der Waals surface area contributed by atoms with Crippen molar-refractivity contribution < 1.29 is 1.43 Å². The van der Waals surface area contributed by atoms with Crippen LogP contribution in [0.15, 0.2) is 9.59 Å². The molecular formula is C12H23NO2. The van der Waals surface area contributed by atoms with Crippen LogP contribution in [0.25, 0.3) is 0 Å². The first kappa shape index (κ1) is 13.9. The van der Waals surface area contributed by atoms with Crippen LogP contribution in [0.4, 0.5) is 5.69 Å². The Morgan fingerprint density at radius 2 is 1.53 bits per heavy atom. The van der Waals surface area contributed by atoms with Crippen molar-refractivity contribution in [1.29, 1.82) is 0 Å². The molecule has 15 heavy (non-hydrogen) atoms. The van der Waals surface area contributed by atoms with Gasteiger partial charge in [0.15, 0.2) is 0 Å². The van der Waals surface area contributed by atoms with Crippen molar-refractivity contribution in [3.05, 3.63) is 26.0 Å². The molecule has 0 aromatic heterocycles. The first-order chi connectivity index (χ1) is 6.74. The van der Waals surface area contributed by atoms with Crippen molar-refractivity contribution in [3.63, 3.8) is 0 Å². The van der Waals surface area contributed by atoms with Crippen LogP contribution in [-0.4, -0.2) is 5.54 Å². The highest BCUT2D eigenvalue weighted by Crippen LogP contribution is 2.13. The highest BCUT2D eigenvalue weighted by molar-refractivity contribution is 5.56. The largest absolute Gasteiger partial charge is 0.377 e. The summed E-state index contributed by atoms with van der Waals surface area (Å²) in [6.07, 6.45) is 1.25. The van der Waals surface area contributed by atoms with Gasteiger partial charge in [-0.2, -0.15) is 0 Å². The Kier molecular flexibility index (Phi) is 4.72. The molecule has 0 atom stereocenters. The van der Waals surface area contributed by atoms with E-state index in [-0.39, 0.29) is 17.8 Å². The second kappa shape index (κ2) is 5.10. The van der Waals surface area contributed by atoms with E-state index in [1.165, 1.54) is 6.42 Å². The zero-order chi connectivity index (χ0) is 12.2. The van der Waals surface area contributed by atoms with Crippen molar-refractivity contribution in [1.82, 2.24) is 0 Å². The van der Waals surface area contributed by atoms with Gasteiger partial charge in [0.2, 0.25) is 10.9 Å². The van der Waals surface area contributed by atoms with Crippen LogP contribution in [0, 0.1) is 6.92 Å². The molecule has 0 amide bonds. The molecule has 0 saturated carbocycles. The summed E-state index contributed by atoms with van der Waals surface area (Å²) in [6, 6.07) is 0. The van der Waals surface area contributed by atoms with E-state index in [0.717, 1.165) is 0 Å². The summed E-state index contributed by atoms with van der Waals surface area (Å²) in [7, 11) is 0. The lowest BCUT2D eigenvalue weighted by Gasteiger charge is -2.23. The molecule has 0 bridgehead atoms. The summed E-state index contributed by atoms with van der Waals surface area (Å²) in [5, 5.41) is 2.99. The first-order valence-corrected chi connectivity index (χ1v) is 5.32. The van der Waals surface area contributed by atoms with Crippen LogP contribution in [-0.2, 0) is 0 Å². The van der Waals surface area contributed by atoms with Gasteiger partial charge in [-0.15, -0.1) is 0 Å². The van der Waals surface area contributed by atoms with Crippen molar-refractivity contribution in [2.45, 2.75) is 53.5 Å². The topological polar surface area (TPSA) is 46.2 Å². The van der Waals surface area contributed by atoms with Crippen LogP contribution in [0.1, 0.15) is 48.0 Å². The molecule has 1 N–H and O–H groups in total. The maximum Gasteiger partial charge on any atom is 0.249 e. The van der Waals surface area contributed by atoms with Gasteiger partial charge in [-0.3, -0.25) is 9.59 Å². The summed E-state index contributed by atoms with van der Waals surface area (Å²) in [4.78, 5) is 21.8. The summed E-state index contributed by atoms with van der Waals surface area (Å²) < 4.78 is 0. The van der Waals surface area contributed by atoms with E-state index in [9.17, 15) is 9.59 Å². The number of anilines is 1. The third kappa shape index (κ3) is 3.86. The average molecular weight is 213 g/mol. The van der Waals surface area contributed by atoms with Crippen molar-refractivity contribution in [2.24, 2.45) is 0 Å². The Hall–Kier alpha value is -1.12. The second-order valence-electron chi connectivity index (χ2n) is 4.74. The molecule has 0 fully saturated rings. The molecule has 1 rings (SSSR count). The first-order valence-electron chi connectivity index (χ1n) is 5.32. The quantitative estimate of drug-likeness (QED) is 0.729. The molecule has 0 unspecified atom stereocenters. The molecule has 3 heteroatoms. The Balaban J connectivity index is 0. The van der Waals surface area contributed by atoms with Crippen LogP contribution >= 0.6 is 0 Å². The third-order valence-electron chi connectivity index (χ3n) is 1.65. The molecule has 88 valence electrons. The Labute approximate surface area is 92.7 Å². The van der Waals surface area contributed by atoms with Gasteiger partial charge in [-0.25, -0.2) is 0 Å². The molecule has 0 aliphatic rings. The minimum Gasteiger partial charge on any atom is -0.377 e. The summed E-state index contributed by atoms with van der Waals surface area (Å²) in [6.45, 7) is 11.8. The third-order valence-corrected chi connectivity index (χ3v) is 1.65. The maximum absolute atomic E-state index is 11.0. The summed E-state index contributed by atoms with van der Waals surface area (Å²) in [5.74, 6) is 0. The predicted molar refractivity (Wildman–Crippen MR) is 67.5 cm³/mol. The highest BCUT2D eigenvalue weighted by Gasteiger charge is 2.20. The molecule has 3 nitrogen and oxygen atoms in total. The van der Waals surface area contributed by atoms with E-state index < -0.39 is 0 Å². The zero-order valence-corrected chi connectivity index (χ0v) is 10.5. The molecule has 0 spiro atoms. The Morgan fingerprint density at radius 3 is 1.80 bits per heavy atom. The fraction of sp³-hybridized carbons (Fsp3) is 0.667. The van der Waals surface area contributed by atoms with Crippen LogP contribution < -0.4 is 16.2 Å². The van der Waals surface area contributed by atoms with Crippen LogP contribution in [0.5, 0.6) is 0 Å². The lowest BCUT2D eigenvalue weighted by atomic mass is 10.0. The molecule has 0 aliphatic carbocycles. The lowest BCUT2D eigenvalue weighted by Crippen LogP contribution is -2.41. The van der Waals surface area contributed by atoms with Crippen molar-refractivity contribution in [3.8, 4) is 0 Å². The fourth-order valence-corrected chi connectivity index (χ4v) is 1.03. The average Bonchev–Trinajstić information content (AvgIpc) is 2.12. The fourth-order valence-electron chi connectivity index (χ4n) is 1.03. The maximum atomic E-state index is 11.0. The van der Waals surface area contributed by atoms with E-state index in [4.69, 9.17) is 0 Å². The molecule has 0 aliphatic heterocycles. The van der Waals surface area contributed by atoms with Gasteiger partial charge in [0, 0.05) is 12.5 Å². The summed E-state index contributed by atoms with van der Waals surface area (Å²) >= 11 is 0. The monoisotopic (exact) mass is 213 g/mol. The van der Waals surface area contributed by atoms with Gasteiger partial charge < -0.3 is 5.32 Å². The van der Waals surface area contributed by atoms with E-state index in [2.05, 4.69) is 19.2 Å². The number of rotatable bonds is 1. The van der Waals surface area contributed by atoms with Gasteiger partial charge >= 0.3 is 0 Å². The zero-order valence-electron chi connectivity index (χ0n) is 10.5. The molecule has 1 aromatic carbocycles. The molecule has 1 aromatic rings. The van der Waals surface area contributed by atoms with Crippen LogP contribution in [0.2, 0.25) is 0 Å². The molecular weight excluding hydrogens is 190 g/mol. The van der Waals surface area contributed by atoms with Crippen molar-refractivity contribution in [2.75, 3.05) is 5.32 Å². The number of hydrogen-bond donors (Lipinski definition) is 1. The van der Waals surface area contributed by atoms with Gasteiger partial charge in [0.05, 0.1) is 5.69 Å². The molecule has 0 radical (unpaired) electrons. The van der Waals surface area contributed by atoms with E-state index in [0.29, 0.717) is 11.3 Å². The minimum absolute atomic E-state index is 0. The minimum atomic E-state index is -0.387. The Bertz CT molecular complexity index is 384. The SMILES string of the molecule is CCC.Cc1c(NC(C)(C)C)c(=O)c1=O.[HH]. The smallest absolute Gasteiger partial charge is 0.249 e. The summed E-state index contributed by atoms with van der Waals surface area (Å²) in [5.41, 5.74) is 0.124. The van der Waals surface area contributed by atoms with Crippen LogP contribution in [0.3, 0.4) is 0 Å². The van der Waals surface area contributed by atoms with E-state index >= 15 is 0 Å². The highest BCUT2D eigenvalue weighted by atomic mass is 16.2. The molecule has 0 saturated heterocycles. The van der Waals surface area contributed by atoms with Gasteiger partial charge in [0.25, 0.3) is 0 Å². The predicted octanol–water partition coefficient (Wildman–Crippen LogP) is 2.46. The van der Waals surface area contributed by atoms with E-state index in [1.807, 2.05) is 20.8 Å². The number of hydrogen-bond acceptors (Lipinski definition) is 3. The number of nitrogens with one attached hydrogen (secondary N) is 1. The van der Waals surface area contributed by atoms with Gasteiger partial charge in [0.1, 0.15) is 0 Å². The van der Waals surface area contributed by atoms with E-state index in [1.54, 1.807) is 6.92 Å². The van der Waals surface area contributed by atoms with Gasteiger partial charge in [-0.1, -0.05) is 20.3 Å². The molecule has 0 heterocycles.